The molecular formula is C23H22N4. The van der Waals surface area contributed by atoms with Crippen molar-refractivity contribution >= 4 is 28.0 Å². The lowest BCUT2D eigenvalue weighted by atomic mass is 10.0. The van der Waals surface area contributed by atoms with Gasteiger partial charge in [-0.1, -0.05) is 67.2 Å². The van der Waals surface area contributed by atoms with Crippen LogP contribution in [-0.2, 0) is 0 Å². The van der Waals surface area contributed by atoms with Crippen molar-refractivity contribution < 1.29 is 0 Å². The van der Waals surface area contributed by atoms with E-state index in [9.17, 15) is 0 Å². The van der Waals surface area contributed by atoms with Gasteiger partial charge in [0.2, 0.25) is 5.95 Å². The molecule has 0 fully saturated rings. The Kier molecular flexibility index (Phi) is 4.55. The molecule has 0 radical (unpaired) electrons. The third kappa shape index (κ3) is 3.51. The van der Waals surface area contributed by atoms with Gasteiger partial charge in [-0.2, -0.15) is 0 Å². The van der Waals surface area contributed by atoms with E-state index in [1.165, 1.54) is 5.57 Å². The summed E-state index contributed by atoms with van der Waals surface area (Å²) in [7, 11) is 0. The van der Waals surface area contributed by atoms with Crippen LogP contribution in [0.2, 0.25) is 0 Å². The van der Waals surface area contributed by atoms with Crippen molar-refractivity contribution in [2.75, 3.05) is 5.73 Å². The van der Waals surface area contributed by atoms with E-state index in [1.54, 1.807) is 0 Å². The average Bonchev–Trinajstić information content (AvgIpc) is 3.00. The Hall–Kier alpha value is -3.27. The van der Waals surface area contributed by atoms with Gasteiger partial charge in [-0.25, -0.2) is 9.97 Å². The minimum Gasteiger partial charge on any atom is -0.368 e. The fourth-order valence-corrected chi connectivity index (χ4v) is 3.26. The second-order valence-electron chi connectivity index (χ2n) is 6.95. The van der Waals surface area contributed by atoms with Gasteiger partial charge in [-0.05, 0) is 25.3 Å². The monoisotopic (exact) mass is 354 g/mol. The summed E-state index contributed by atoms with van der Waals surface area (Å²) >= 11 is 0. The van der Waals surface area contributed by atoms with Gasteiger partial charge >= 0.3 is 0 Å². The van der Waals surface area contributed by atoms with Gasteiger partial charge in [0.05, 0.1) is 11.4 Å². The molecule has 2 heterocycles. The lowest BCUT2D eigenvalue weighted by Crippen LogP contribution is -2.03. The first-order valence-corrected chi connectivity index (χ1v) is 9.15. The molecule has 134 valence electrons. The topological polar surface area (TPSA) is 64.7 Å². The first kappa shape index (κ1) is 17.2. The summed E-state index contributed by atoms with van der Waals surface area (Å²) in [5.74, 6) is 0.647. The van der Waals surface area contributed by atoms with Crippen LogP contribution < -0.4 is 5.73 Å². The molecule has 2 aliphatic rings. The van der Waals surface area contributed by atoms with Crippen molar-refractivity contribution in [1.82, 2.24) is 15.0 Å². The van der Waals surface area contributed by atoms with Gasteiger partial charge in [0.25, 0.3) is 0 Å². The summed E-state index contributed by atoms with van der Waals surface area (Å²) in [6, 6.07) is 1.96. The molecule has 27 heavy (non-hydrogen) atoms. The third-order valence-corrected chi connectivity index (χ3v) is 4.73. The smallest absolute Gasteiger partial charge is 0.221 e. The Bertz CT molecular complexity index is 1080. The molecular weight excluding hydrogens is 332 g/mol. The summed E-state index contributed by atoms with van der Waals surface area (Å²) in [6.45, 7) is 4.27. The van der Waals surface area contributed by atoms with Crippen LogP contribution in [0.5, 0.6) is 0 Å². The Morgan fingerprint density at radius 1 is 1.00 bits per heavy atom. The number of hydrogen-bond acceptors (Lipinski definition) is 4. The van der Waals surface area contributed by atoms with Crippen LogP contribution >= 0.6 is 0 Å². The summed E-state index contributed by atoms with van der Waals surface area (Å²) < 4.78 is 0. The van der Waals surface area contributed by atoms with Crippen molar-refractivity contribution in [1.29, 1.82) is 0 Å². The van der Waals surface area contributed by atoms with E-state index in [2.05, 4.69) is 83.5 Å². The van der Waals surface area contributed by atoms with Crippen LogP contribution in [0.25, 0.3) is 22.0 Å². The van der Waals surface area contributed by atoms with Gasteiger partial charge in [-0.3, -0.25) is 4.98 Å². The summed E-state index contributed by atoms with van der Waals surface area (Å²) in [4.78, 5) is 13.7. The SMILES string of the molecule is CC1=CC=C(c2nc(N)nc3c(C4=CC=CC(C)C=C4)nccc23)C=CC1. The zero-order valence-corrected chi connectivity index (χ0v) is 15.6. The Morgan fingerprint density at radius 2 is 1.85 bits per heavy atom. The molecule has 2 aromatic heterocycles. The lowest BCUT2D eigenvalue weighted by molar-refractivity contribution is 0.943. The highest BCUT2D eigenvalue weighted by Crippen LogP contribution is 2.30. The molecule has 0 amide bonds. The molecule has 0 aliphatic heterocycles. The number of anilines is 1. The van der Waals surface area contributed by atoms with Crippen LogP contribution in [-0.4, -0.2) is 15.0 Å². The maximum atomic E-state index is 6.08. The highest BCUT2D eigenvalue weighted by atomic mass is 15.0. The number of nitrogens with zero attached hydrogens (tertiary/aromatic N) is 3. The zero-order valence-electron chi connectivity index (χ0n) is 15.6. The minimum atomic E-state index is 0.258. The third-order valence-electron chi connectivity index (χ3n) is 4.73. The fourth-order valence-electron chi connectivity index (χ4n) is 3.26. The predicted octanol–water partition coefficient (Wildman–Crippen LogP) is 5.04. The minimum absolute atomic E-state index is 0.258. The van der Waals surface area contributed by atoms with Crippen molar-refractivity contribution in [3.63, 3.8) is 0 Å². The first-order chi connectivity index (χ1) is 13.1. The maximum Gasteiger partial charge on any atom is 0.221 e. The molecule has 0 saturated carbocycles. The van der Waals surface area contributed by atoms with Gasteiger partial charge in [0.1, 0.15) is 5.52 Å². The second kappa shape index (κ2) is 7.16. The molecule has 2 N–H and O–H groups in total. The largest absolute Gasteiger partial charge is 0.368 e. The Morgan fingerprint density at radius 3 is 2.74 bits per heavy atom. The van der Waals surface area contributed by atoms with Gasteiger partial charge in [0.15, 0.2) is 0 Å². The van der Waals surface area contributed by atoms with Crippen LogP contribution in [0.4, 0.5) is 5.95 Å². The van der Waals surface area contributed by atoms with Gasteiger partial charge in [-0.15, -0.1) is 0 Å². The quantitative estimate of drug-likeness (QED) is 0.820. The number of aromatic nitrogens is 3. The highest BCUT2D eigenvalue weighted by molar-refractivity contribution is 5.99. The normalized spacial score (nSPS) is 19.3. The molecule has 1 unspecified atom stereocenters. The van der Waals surface area contributed by atoms with Crippen molar-refractivity contribution in [2.45, 2.75) is 20.3 Å². The van der Waals surface area contributed by atoms with Gasteiger partial charge < -0.3 is 5.73 Å². The highest BCUT2D eigenvalue weighted by Gasteiger charge is 2.15. The molecule has 4 nitrogen and oxygen atoms in total. The predicted molar refractivity (Wildman–Crippen MR) is 113 cm³/mol. The summed E-state index contributed by atoms with van der Waals surface area (Å²) in [5, 5.41) is 0.952. The molecule has 0 bridgehead atoms. The molecule has 4 rings (SSSR count). The standard InChI is InChI=1S/C23H22N4/c1-15-5-3-7-17(11-9-15)20-19-13-14-25-21(22(19)27-23(24)26-20)18-8-4-6-16(2)10-12-18/h3-4,6-14,16H,5H2,1-2H3,(H2,24,26,27). The molecule has 0 saturated heterocycles. The molecule has 0 aromatic carbocycles. The van der Waals surface area contributed by atoms with Gasteiger partial charge in [0, 0.05) is 22.7 Å². The summed E-state index contributed by atoms with van der Waals surface area (Å²) in [5.41, 5.74) is 11.9. The van der Waals surface area contributed by atoms with E-state index in [0.717, 1.165) is 39.9 Å². The lowest BCUT2D eigenvalue weighted by Gasteiger charge is -2.11. The van der Waals surface area contributed by atoms with Crippen molar-refractivity contribution in [2.24, 2.45) is 5.92 Å². The average molecular weight is 354 g/mol. The first-order valence-electron chi connectivity index (χ1n) is 9.15. The van der Waals surface area contributed by atoms with Crippen LogP contribution in [0.1, 0.15) is 31.7 Å². The van der Waals surface area contributed by atoms with E-state index < -0.39 is 0 Å². The fraction of sp³-hybridized carbons (Fsp3) is 0.174. The molecule has 2 aromatic rings. The molecule has 4 heteroatoms. The molecule has 1 atom stereocenters. The van der Waals surface area contributed by atoms with Crippen LogP contribution in [0.15, 0.2) is 72.5 Å². The number of allylic oxidation sites excluding steroid dienone is 12. The van der Waals surface area contributed by atoms with Crippen molar-refractivity contribution in [3.05, 3.63) is 83.9 Å². The second-order valence-corrected chi connectivity index (χ2v) is 6.95. The number of fused-ring (bicyclic) bond motifs is 1. The van der Waals surface area contributed by atoms with Crippen LogP contribution in [0, 0.1) is 5.92 Å². The Balaban J connectivity index is 1.93. The van der Waals surface area contributed by atoms with Crippen LogP contribution in [0.3, 0.4) is 0 Å². The number of rotatable bonds is 2. The number of pyridine rings is 1. The molecule has 0 spiro atoms. The number of nitrogens with two attached hydrogens (primary N) is 1. The number of hydrogen-bond donors (Lipinski definition) is 1. The van der Waals surface area contributed by atoms with E-state index in [0.29, 0.717) is 5.92 Å². The Labute approximate surface area is 159 Å². The maximum absolute atomic E-state index is 6.08. The van der Waals surface area contributed by atoms with E-state index in [1.807, 2.05) is 12.3 Å². The van der Waals surface area contributed by atoms with E-state index in [4.69, 9.17) is 5.73 Å². The zero-order chi connectivity index (χ0) is 18.8. The van der Waals surface area contributed by atoms with E-state index in [-0.39, 0.29) is 5.95 Å². The van der Waals surface area contributed by atoms with Crippen molar-refractivity contribution in [3.8, 4) is 0 Å². The number of nitrogen functional groups attached to an aromatic ring is 1. The molecule has 2 aliphatic carbocycles. The summed E-state index contributed by atoms with van der Waals surface area (Å²) in [6.07, 6.45) is 21.8. The van der Waals surface area contributed by atoms with E-state index >= 15 is 0 Å².